The van der Waals surface area contributed by atoms with Gasteiger partial charge in [0.15, 0.2) is 0 Å². The standard InChI is InChI=1S/C11H19BrN2S/c12-10-5-8-15-11(10)9-14-7-4-2-1-3-6-13/h5,8,14H,1-4,6-7,9,13H2. The van der Waals surface area contributed by atoms with Gasteiger partial charge in [0.25, 0.3) is 0 Å². The minimum Gasteiger partial charge on any atom is -0.330 e. The number of nitrogens with one attached hydrogen (secondary N) is 1. The second-order valence-electron chi connectivity index (χ2n) is 3.57. The molecule has 0 spiro atoms. The van der Waals surface area contributed by atoms with Gasteiger partial charge in [-0.2, -0.15) is 0 Å². The van der Waals surface area contributed by atoms with Crippen LogP contribution in [0.4, 0.5) is 0 Å². The van der Waals surface area contributed by atoms with Gasteiger partial charge < -0.3 is 11.1 Å². The zero-order chi connectivity index (χ0) is 10.9. The topological polar surface area (TPSA) is 38.0 Å². The number of unbranched alkanes of at least 4 members (excludes halogenated alkanes) is 3. The Hall–Kier alpha value is 0.100. The Bertz CT molecular complexity index is 263. The number of thiophene rings is 1. The number of nitrogens with two attached hydrogens (primary N) is 1. The molecular formula is C11H19BrN2S. The van der Waals surface area contributed by atoms with Crippen molar-refractivity contribution in [3.05, 3.63) is 20.8 Å². The zero-order valence-corrected chi connectivity index (χ0v) is 11.4. The Morgan fingerprint density at radius 3 is 2.73 bits per heavy atom. The lowest BCUT2D eigenvalue weighted by Crippen LogP contribution is -2.14. The fourth-order valence-electron chi connectivity index (χ4n) is 1.40. The van der Waals surface area contributed by atoms with E-state index in [0.29, 0.717) is 0 Å². The van der Waals surface area contributed by atoms with E-state index in [4.69, 9.17) is 5.73 Å². The molecule has 0 atom stereocenters. The fraction of sp³-hybridized carbons (Fsp3) is 0.636. The molecule has 0 fully saturated rings. The summed E-state index contributed by atoms with van der Waals surface area (Å²) in [5.41, 5.74) is 5.43. The van der Waals surface area contributed by atoms with E-state index in [-0.39, 0.29) is 0 Å². The van der Waals surface area contributed by atoms with E-state index in [0.717, 1.165) is 26.1 Å². The quantitative estimate of drug-likeness (QED) is 0.722. The SMILES string of the molecule is NCCCCCCNCc1sccc1Br. The van der Waals surface area contributed by atoms with Crippen molar-refractivity contribution in [2.24, 2.45) is 5.73 Å². The highest BCUT2D eigenvalue weighted by Gasteiger charge is 1.99. The molecule has 1 rings (SSSR count). The average Bonchev–Trinajstić information content (AvgIpc) is 2.63. The van der Waals surface area contributed by atoms with Gasteiger partial charge in [0, 0.05) is 15.9 Å². The monoisotopic (exact) mass is 290 g/mol. The van der Waals surface area contributed by atoms with Gasteiger partial charge in [-0.05, 0) is 53.3 Å². The molecule has 0 aromatic carbocycles. The van der Waals surface area contributed by atoms with Crippen molar-refractivity contribution in [1.82, 2.24) is 5.32 Å². The fourth-order valence-corrected chi connectivity index (χ4v) is 2.86. The minimum atomic E-state index is 0.829. The van der Waals surface area contributed by atoms with Crippen LogP contribution in [-0.4, -0.2) is 13.1 Å². The molecule has 15 heavy (non-hydrogen) atoms. The molecule has 0 saturated heterocycles. The van der Waals surface area contributed by atoms with Crippen LogP contribution >= 0.6 is 27.3 Å². The third kappa shape index (κ3) is 5.66. The molecule has 0 saturated carbocycles. The molecular weight excluding hydrogens is 272 g/mol. The van der Waals surface area contributed by atoms with Crippen LogP contribution in [-0.2, 0) is 6.54 Å². The molecule has 1 aromatic rings. The highest BCUT2D eigenvalue weighted by Crippen LogP contribution is 2.21. The van der Waals surface area contributed by atoms with E-state index in [2.05, 4.69) is 32.7 Å². The van der Waals surface area contributed by atoms with Crippen LogP contribution < -0.4 is 11.1 Å². The summed E-state index contributed by atoms with van der Waals surface area (Å²) in [5, 5.41) is 5.57. The predicted molar refractivity (Wildman–Crippen MR) is 71.2 cm³/mol. The lowest BCUT2D eigenvalue weighted by Gasteiger charge is -2.03. The van der Waals surface area contributed by atoms with Crippen molar-refractivity contribution in [3.63, 3.8) is 0 Å². The number of rotatable bonds is 8. The predicted octanol–water partition coefficient (Wildman–Crippen LogP) is 3.12. The first-order chi connectivity index (χ1) is 7.34. The molecule has 0 bridgehead atoms. The van der Waals surface area contributed by atoms with Gasteiger partial charge >= 0.3 is 0 Å². The van der Waals surface area contributed by atoms with Gasteiger partial charge in [-0.3, -0.25) is 0 Å². The van der Waals surface area contributed by atoms with Crippen molar-refractivity contribution in [3.8, 4) is 0 Å². The summed E-state index contributed by atoms with van der Waals surface area (Å²) in [6, 6.07) is 2.10. The highest BCUT2D eigenvalue weighted by atomic mass is 79.9. The molecule has 0 radical (unpaired) electrons. The Morgan fingerprint density at radius 1 is 1.27 bits per heavy atom. The van der Waals surface area contributed by atoms with E-state index >= 15 is 0 Å². The van der Waals surface area contributed by atoms with E-state index in [1.807, 2.05) is 0 Å². The Balaban J connectivity index is 1.96. The summed E-state index contributed by atoms with van der Waals surface area (Å²) in [4.78, 5) is 1.39. The first-order valence-corrected chi connectivity index (χ1v) is 7.14. The number of hydrogen-bond acceptors (Lipinski definition) is 3. The summed E-state index contributed by atoms with van der Waals surface area (Å²) in [6.45, 7) is 2.92. The lowest BCUT2D eigenvalue weighted by atomic mass is 10.2. The summed E-state index contributed by atoms with van der Waals surface area (Å²) in [7, 11) is 0. The van der Waals surface area contributed by atoms with Crippen LogP contribution in [0.1, 0.15) is 30.6 Å². The molecule has 0 aliphatic carbocycles. The number of halogens is 1. The minimum absolute atomic E-state index is 0.829. The smallest absolute Gasteiger partial charge is 0.0327 e. The molecule has 86 valence electrons. The molecule has 1 aromatic heterocycles. The molecule has 0 unspecified atom stereocenters. The zero-order valence-electron chi connectivity index (χ0n) is 8.97. The van der Waals surface area contributed by atoms with Crippen molar-refractivity contribution in [2.45, 2.75) is 32.2 Å². The summed E-state index contributed by atoms with van der Waals surface area (Å²) in [6.07, 6.45) is 4.97. The van der Waals surface area contributed by atoms with Crippen molar-refractivity contribution in [1.29, 1.82) is 0 Å². The molecule has 0 amide bonds. The molecule has 3 N–H and O–H groups in total. The van der Waals surface area contributed by atoms with Gasteiger partial charge in [-0.25, -0.2) is 0 Å². The third-order valence-electron chi connectivity index (χ3n) is 2.28. The maximum atomic E-state index is 5.43. The Labute approximate surface area is 104 Å². The van der Waals surface area contributed by atoms with Crippen LogP contribution in [0.25, 0.3) is 0 Å². The van der Waals surface area contributed by atoms with E-state index in [1.54, 1.807) is 11.3 Å². The van der Waals surface area contributed by atoms with E-state index in [9.17, 15) is 0 Å². The van der Waals surface area contributed by atoms with Crippen molar-refractivity contribution >= 4 is 27.3 Å². The van der Waals surface area contributed by atoms with E-state index < -0.39 is 0 Å². The normalized spacial score (nSPS) is 10.8. The van der Waals surface area contributed by atoms with Crippen LogP contribution in [0.15, 0.2) is 15.9 Å². The first kappa shape index (κ1) is 13.2. The van der Waals surface area contributed by atoms with Gasteiger partial charge in [0.2, 0.25) is 0 Å². The molecule has 4 heteroatoms. The number of hydrogen-bond donors (Lipinski definition) is 2. The Morgan fingerprint density at radius 2 is 2.07 bits per heavy atom. The third-order valence-corrected chi connectivity index (χ3v) is 4.21. The largest absolute Gasteiger partial charge is 0.330 e. The molecule has 0 aliphatic heterocycles. The van der Waals surface area contributed by atoms with Crippen LogP contribution in [0, 0.1) is 0 Å². The van der Waals surface area contributed by atoms with Gasteiger partial charge in [0.1, 0.15) is 0 Å². The molecule has 1 heterocycles. The van der Waals surface area contributed by atoms with Crippen molar-refractivity contribution < 1.29 is 0 Å². The van der Waals surface area contributed by atoms with Crippen molar-refractivity contribution in [2.75, 3.05) is 13.1 Å². The molecule has 0 aliphatic rings. The Kier molecular flexibility index (Phi) is 7.26. The molecule has 2 nitrogen and oxygen atoms in total. The maximum absolute atomic E-state index is 5.43. The van der Waals surface area contributed by atoms with Crippen LogP contribution in [0.3, 0.4) is 0 Å². The summed E-state index contributed by atoms with van der Waals surface area (Å²) in [5.74, 6) is 0. The second-order valence-corrected chi connectivity index (χ2v) is 5.43. The van der Waals surface area contributed by atoms with Gasteiger partial charge in [-0.1, -0.05) is 12.8 Å². The maximum Gasteiger partial charge on any atom is 0.0327 e. The van der Waals surface area contributed by atoms with Gasteiger partial charge in [0.05, 0.1) is 0 Å². The summed E-state index contributed by atoms with van der Waals surface area (Å²) >= 11 is 5.32. The first-order valence-electron chi connectivity index (χ1n) is 5.47. The average molecular weight is 291 g/mol. The van der Waals surface area contributed by atoms with Crippen LogP contribution in [0.2, 0.25) is 0 Å². The second kappa shape index (κ2) is 8.28. The van der Waals surface area contributed by atoms with E-state index in [1.165, 1.54) is 28.6 Å². The lowest BCUT2D eigenvalue weighted by molar-refractivity contribution is 0.592. The summed E-state index contributed by atoms with van der Waals surface area (Å²) < 4.78 is 1.23. The highest BCUT2D eigenvalue weighted by molar-refractivity contribution is 9.10. The van der Waals surface area contributed by atoms with Crippen LogP contribution in [0.5, 0.6) is 0 Å². The van der Waals surface area contributed by atoms with Gasteiger partial charge in [-0.15, -0.1) is 11.3 Å².